The van der Waals surface area contributed by atoms with Gasteiger partial charge in [0.1, 0.15) is 18.1 Å². The van der Waals surface area contributed by atoms with Gasteiger partial charge >= 0.3 is 11.9 Å². The second-order valence-electron chi connectivity index (χ2n) is 8.13. The second kappa shape index (κ2) is 16.2. The van der Waals surface area contributed by atoms with Crippen molar-refractivity contribution in [2.24, 2.45) is 11.5 Å². The van der Waals surface area contributed by atoms with E-state index in [1.165, 1.54) is 24.3 Å². The molecule has 0 aliphatic heterocycles. The smallest absolute Gasteiger partial charge is 0.326 e. The molecule has 1 aromatic rings. The van der Waals surface area contributed by atoms with Crippen molar-refractivity contribution >= 4 is 47.3 Å². The van der Waals surface area contributed by atoms with Gasteiger partial charge in [-0.2, -0.15) is 11.8 Å². The standard InChI is InChI=1S/C21H33N7O8S/c1-37-7-6-12(22)18(32)26-14(3-5-17(30)31)19(33)27-13(2-4-16(23)29)20(34)28-15(21(35)36)8-11-9-24-10-25-11/h9-10,12-15H,2-8,22H2,1H3,(H2,23,29)(H,24,25)(H,26,32)(H,27,33)(H,28,34)(H,30,31)(H,35,36). The van der Waals surface area contributed by atoms with E-state index in [-0.39, 0.29) is 25.7 Å². The van der Waals surface area contributed by atoms with Crippen LogP contribution in [-0.4, -0.2) is 91.9 Å². The van der Waals surface area contributed by atoms with E-state index < -0.39 is 66.2 Å². The van der Waals surface area contributed by atoms with Gasteiger partial charge in [0.15, 0.2) is 0 Å². The van der Waals surface area contributed by atoms with Crippen molar-refractivity contribution in [3.05, 3.63) is 18.2 Å². The molecule has 1 aromatic heterocycles. The minimum absolute atomic E-state index is 0.136. The van der Waals surface area contributed by atoms with Gasteiger partial charge < -0.3 is 42.6 Å². The number of rotatable bonds is 18. The molecule has 37 heavy (non-hydrogen) atoms. The number of amides is 4. The van der Waals surface area contributed by atoms with Crippen LogP contribution in [0.1, 0.15) is 37.8 Å². The molecular weight excluding hydrogens is 510 g/mol. The van der Waals surface area contributed by atoms with E-state index in [0.29, 0.717) is 17.9 Å². The van der Waals surface area contributed by atoms with Crippen molar-refractivity contribution in [2.45, 2.75) is 62.7 Å². The molecule has 0 aliphatic rings. The number of carboxylic acids is 2. The Balaban J connectivity index is 3.01. The van der Waals surface area contributed by atoms with Crippen molar-refractivity contribution in [1.29, 1.82) is 0 Å². The lowest BCUT2D eigenvalue weighted by atomic mass is 10.1. The van der Waals surface area contributed by atoms with Crippen LogP contribution in [0, 0.1) is 0 Å². The van der Waals surface area contributed by atoms with Crippen LogP contribution in [0.5, 0.6) is 0 Å². The Kier molecular flexibility index (Phi) is 13.7. The third kappa shape index (κ3) is 12.2. The van der Waals surface area contributed by atoms with Gasteiger partial charge in [-0.1, -0.05) is 0 Å². The molecule has 15 nitrogen and oxygen atoms in total. The summed E-state index contributed by atoms with van der Waals surface area (Å²) in [6.45, 7) is 0. The minimum Gasteiger partial charge on any atom is -0.481 e. The van der Waals surface area contributed by atoms with Gasteiger partial charge in [0, 0.05) is 31.2 Å². The first kappa shape index (κ1) is 31.4. The number of nitrogens with one attached hydrogen (secondary N) is 4. The Morgan fingerprint density at radius 3 is 2.00 bits per heavy atom. The number of carbonyl (C=O) groups is 6. The van der Waals surface area contributed by atoms with E-state index in [4.69, 9.17) is 16.6 Å². The van der Waals surface area contributed by atoms with Crippen LogP contribution in [0.2, 0.25) is 0 Å². The molecule has 4 atom stereocenters. The number of aliphatic carboxylic acids is 2. The van der Waals surface area contributed by atoms with Gasteiger partial charge in [-0.05, 0) is 31.3 Å². The highest BCUT2D eigenvalue weighted by Crippen LogP contribution is 2.06. The number of aromatic nitrogens is 2. The average molecular weight is 544 g/mol. The molecule has 0 aliphatic carbocycles. The zero-order valence-electron chi connectivity index (χ0n) is 20.3. The monoisotopic (exact) mass is 543 g/mol. The molecule has 1 heterocycles. The summed E-state index contributed by atoms with van der Waals surface area (Å²) < 4.78 is 0. The van der Waals surface area contributed by atoms with Crippen molar-refractivity contribution in [3.63, 3.8) is 0 Å². The average Bonchev–Trinajstić information content (AvgIpc) is 3.34. The summed E-state index contributed by atoms with van der Waals surface area (Å²) in [7, 11) is 0. The largest absolute Gasteiger partial charge is 0.481 e. The number of imidazole rings is 1. The van der Waals surface area contributed by atoms with Crippen molar-refractivity contribution < 1.29 is 39.0 Å². The predicted octanol–water partition coefficient (Wildman–Crippen LogP) is -2.30. The first-order valence-corrected chi connectivity index (χ1v) is 12.7. The molecule has 0 radical (unpaired) electrons. The highest BCUT2D eigenvalue weighted by Gasteiger charge is 2.31. The lowest BCUT2D eigenvalue weighted by molar-refractivity contribution is -0.142. The number of nitrogens with zero attached hydrogens (tertiary/aromatic N) is 1. The fraction of sp³-hybridized carbons (Fsp3) is 0.571. The number of H-pyrrole nitrogens is 1. The molecule has 16 heteroatoms. The number of carboxylic acid groups (broad SMARTS) is 2. The third-order valence-electron chi connectivity index (χ3n) is 5.16. The lowest BCUT2D eigenvalue weighted by Gasteiger charge is -2.25. The Morgan fingerprint density at radius 1 is 0.946 bits per heavy atom. The van der Waals surface area contributed by atoms with Gasteiger partial charge in [0.05, 0.1) is 12.4 Å². The highest BCUT2D eigenvalue weighted by molar-refractivity contribution is 7.98. The van der Waals surface area contributed by atoms with E-state index in [1.54, 1.807) is 0 Å². The maximum atomic E-state index is 13.0. The predicted molar refractivity (Wildman–Crippen MR) is 132 cm³/mol. The number of hydrogen-bond donors (Lipinski definition) is 8. The first-order chi connectivity index (χ1) is 17.4. The Labute approximate surface area is 216 Å². The van der Waals surface area contributed by atoms with Gasteiger partial charge in [-0.3, -0.25) is 24.0 Å². The van der Waals surface area contributed by atoms with Crippen LogP contribution in [0.15, 0.2) is 12.5 Å². The van der Waals surface area contributed by atoms with Crippen LogP contribution in [0.4, 0.5) is 0 Å². The van der Waals surface area contributed by atoms with Gasteiger partial charge in [0.2, 0.25) is 23.6 Å². The molecule has 1 rings (SSSR count). The van der Waals surface area contributed by atoms with E-state index >= 15 is 0 Å². The lowest BCUT2D eigenvalue weighted by Crippen LogP contribution is -2.57. The van der Waals surface area contributed by atoms with Crippen LogP contribution >= 0.6 is 11.8 Å². The number of aromatic amines is 1. The number of thioether (sulfide) groups is 1. The Hall–Kier alpha value is -3.66. The Bertz CT molecular complexity index is 943. The van der Waals surface area contributed by atoms with Crippen molar-refractivity contribution in [1.82, 2.24) is 25.9 Å². The van der Waals surface area contributed by atoms with Gasteiger partial charge in [-0.15, -0.1) is 0 Å². The molecule has 206 valence electrons. The molecular formula is C21H33N7O8S. The van der Waals surface area contributed by atoms with Crippen molar-refractivity contribution in [3.8, 4) is 0 Å². The van der Waals surface area contributed by atoms with Gasteiger partial charge in [-0.25, -0.2) is 9.78 Å². The molecule has 0 spiro atoms. The van der Waals surface area contributed by atoms with Crippen LogP contribution < -0.4 is 27.4 Å². The maximum absolute atomic E-state index is 13.0. The van der Waals surface area contributed by atoms with Crippen LogP contribution in [0.3, 0.4) is 0 Å². The van der Waals surface area contributed by atoms with Crippen LogP contribution in [0.25, 0.3) is 0 Å². The summed E-state index contributed by atoms with van der Waals surface area (Å²) in [6, 6.07) is -5.09. The normalized spacial score (nSPS) is 14.0. The molecule has 0 saturated heterocycles. The first-order valence-electron chi connectivity index (χ1n) is 11.3. The topological polar surface area (TPSA) is 260 Å². The molecule has 0 aromatic carbocycles. The third-order valence-corrected chi connectivity index (χ3v) is 5.80. The van der Waals surface area contributed by atoms with Crippen LogP contribution in [-0.2, 0) is 35.2 Å². The summed E-state index contributed by atoms with van der Waals surface area (Å²) in [5.41, 5.74) is 11.4. The Morgan fingerprint density at radius 2 is 1.51 bits per heavy atom. The molecule has 4 unspecified atom stereocenters. The highest BCUT2D eigenvalue weighted by atomic mass is 32.2. The van der Waals surface area contributed by atoms with E-state index in [9.17, 15) is 33.9 Å². The summed E-state index contributed by atoms with van der Waals surface area (Å²) in [5.74, 6) is -5.26. The van der Waals surface area contributed by atoms with E-state index in [0.717, 1.165) is 0 Å². The maximum Gasteiger partial charge on any atom is 0.326 e. The zero-order valence-corrected chi connectivity index (χ0v) is 21.1. The molecule has 10 N–H and O–H groups in total. The number of hydrogen-bond acceptors (Lipinski definition) is 9. The molecule has 0 fully saturated rings. The van der Waals surface area contributed by atoms with Crippen molar-refractivity contribution in [2.75, 3.05) is 12.0 Å². The fourth-order valence-electron chi connectivity index (χ4n) is 3.11. The number of primary amides is 1. The summed E-state index contributed by atoms with van der Waals surface area (Å²) in [6.07, 6.45) is 3.37. The molecule has 0 saturated carbocycles. The molecule has 0 bridgehead atoms. The second-order valence-corrected chi connectivity index (χ2v) is 9.11. The fourth-order valence-corrected chi connectivity index (χ4v) is 3.60. The zero-order chi connectivity index (χ0) is 28.0. The quantitative estimate of drug-likeness (QED) is 0.0976. The summed E-state index contributed by atoms with van der Waals surface area (Å²) >= 11 is 1.47. The summed E-state index contributed by atoms with van der Waals surface area (Å²) in [5, 5.41) is 25.6. The number of nitrogens with two attached hydrogens (primary N) is 2. The summed E-state index contributed by atoms with van der Waals surface area (Å²) in [4.78, 5) is 78.8. The minimum atomic E-state index is -1.40. The molecule has 4 amide bonds. The number of carbonyl (C=O) groups excluding carboxylic acids is 4. The van der Waals surface area contributed by atoms with Gasteiger partial charge in [0.25, 0.3) is 0 Å². The SMILES string of the molecule is CSCCC(N)C(=O)NC(CCC(=O)O)C(=O)NC(CCC(N)=O)C(=O)NC(Cc1cnc[nH]1)C(=O)O. The van der Waals surface area contributed by atoms with E-state index in [2.05, 4.69) is 25.9 Å². The van der Waals surface area contributed by atoms with E-state index in [1.807, 2.05) is 6.26 Å².